The smallest absolute Gasteiger partial charge is 0.243 e. The summed E-state index contributed by atoms with van der Waals surface area (Å²) in [7, 11) is 0. The molecule has 0 bridgehead atoms. The molecule has 0 fully saturated rings. The van der Waals surface area contributed by atoms with E-state index in [1.165, 1.54) is 11.8 Å². The highest BCUT2D eigenvalue weighted by atomic mass is 35.5. The number of carbonyl (C=O) groups is 2. The average Bonchev–Trinajstić information content (AvgIpc) is 2.87. The quantitative estimate of drug-likeness (QED) is 0.243. The molecule has 0 aliphatic carbocycles. The van der Waals surface area contributed by atoms with Gasteiger partial charge in [0.15, 0.2) is 0 Å². The normalized spacial score (nSPS) is 12.6. The third-order valence-electron chi connectivity index (χ3n) is 6.01. The lowest BCUT2D eigenvalue weighted by molar-refractivity contribution is -0.139. The van der Waals surface area contributed by atoms with Crippen molar-refractivity contribution in [1.29, 1.82) is 0 Å². The molecule has 0 radical (unpaired) electrons. The Morgan fingerprint density at radius 1 is 0.919 bits per heavy atom. The Kier molecular flexibility index (Phi) is 11.7. The van der Waals surface area contributed by atoms with Crippen molar-refractivity contribution >= 4 is 58.4 Å². The van der Waals surface area contributed by atoms with Crippen LogP contribution in [0, 0.1) is 0 Å². The van der Waals surface area contributed by atoms with Crippen LogP contribution in [0.2, 0.25) is 15.1 Å². The van der Waals surface area contributed by atoms with Gasteiger partial charge in [0.1, 0.15) is 6.04 Å². The molecule has 0 saturated heterocycles. The second-order valence-electron chi connectivity index (χ2n) is 8.90. The minimum Gasteiger partial charge on any atom is -0.352 e. The first-order valence-corrected chi connectivity index (χ1v) is 14.5. The molecular formula is C29H31Cl3N2O2S. The number of amides is 2. The van der Waals surface area contributed by atoms with Crippen LogP contribution in [0.15, 0.2) is 72.8 Å². The van der Waals surface area contributed by atoms with Crippen LogP contribution in [0.25, 0.3) is 0 Å². The molecule has 0 saturated carbocycles. The van der Waals surface area contributed by atoms with E-state index >= 15 is 0 Å². The first kappa shape index (κ1) is 29.4. The van der Waals surface area contributed by atoms with E-state index in [2.05, 4.69) is 5.32 Å². The van der Waals surface area contributed by atoms with Crippen molar-refractivity contribution in [3.8, 4) is 0 Å². The highest BCUT2D eigenvalue weighted by Crippen LogP contribution is 2.25. The molecule has 0 heterocycles. The minimum atomic E-state index is -0.706. The summed E-state index contributed by atoms with van der Waals surface area (Å²) >= 11 is 20.2. The van der Waals surface area contributed by atoms with Crippen LogP contribution in [-0.4, -0.2) is 34.6 Å². The fourth-order valence-electron chi connectivity index (χ4n) is 3.79. The summed E-state index contributed by atoms with van der Waals surface area (Å²) in [5.41, 5.74) is 2.74. The molecule has 4 nitrogen and oxygen atoms in total. The summed E-state index contributed by atoms with van der Waals surface area (Å²) in [6.07, 6.45) is 1.18. The zero-order valence-corrected chi connectivity index (χ0v) is 24.0. The van der Waals surface area contributed by atoms with Crippen LogP contribution in [0.4, 0.5) is 0 Å². The Morgan fingerprint density at radius 2 is 1.62 bits per heavy atom. The van der Waals surface area contributed by atoms with Crippen LogP contribution >= 0.6 is 46.6 Å². The molecular weight excluding hydrogens is 547 g/mol. The van der Waals surface area contributed by atoms with Crippen molar-refractivity contribution in [2.45, 2.75) is 51.1 Å². The van der Waals surface area contributed by atoms with E-state index in [9.17, 15) is 9.59 Å². The largest absolute Gasteiger partial charge is 0.352 e. The van der Waals surface area contributed by atoms with Crippen molar-refractivity contribution in [2.75, 3.05) is 5.75 Å². The number of thioether (sulfide) groups is 1. The molecule has 0 aliphatic rings. The topological polar surface area (TPSA) is 49.4 Å². The summed E-state index contributed by atoms with van der Waals surface area (Å²) < 4.78 is 0. The van der Waals surface area contributed by atoms with Crippen molar-refractivity contribution in [3.05, 3.63) is 105 Å². The second kappa shape index (κ2) is 14.7. The van der Waals surface area contributed by atoms with Crippen LogP contribution in [0.3, 0.4) is 0 Å². The second-order valence-corrected chi connectivity index (χ2v) is 11.2. The van der Waals surface area contributed by atoms with Crippen LogP contribution in [0.1, 0.15) is 37.0 Å². The molecule has 2 atom stereocenters. The summed E-state index contributed by atoms with van der Waals surface area (Å²) in [6.45, 7) is 4.17. The zero-order valence-electron chi connectivity index (χ0n) is 20.9. The highest BCUT2D eigenvalue weighted by Gasteiger charge is 2.31. The van der Waals surface area contributed by atoms with E-state index in [-0.39, 0.29) is 30.2 Å². The van der Waals surface area contributed by atoms with E-state index in [0.717, 1.165) is 23.1 Å². The van der Waals surface area contributed by atoms with Crippen molar-refractivity contribution in [1.82, 2.24) is 10.2 Å². The van der Waals surface area contributed by atoms with Gasteiger partial charge in [0.05, 0.1) is 5.75 Å². The summed E-state index contributed by atoms with van der Waals surface area (Å²) in [4.78, 5) is 28.9. The van der Waals surface area contributed by atoms with Crippen molar-refractivity contribution in [2.24, 2.45) is 0 Å². The van der Waals surface area contributed by atoms with Gasteiger partial charge in [-0.2, -0.15) is 0 Å². The van der Waals surface area contributed by atoms with E-state index in [4.69, 9.17) is 34.8 Å². The van der Waals surface area contributed by atoms with E-state index in [0.29, 0.717) is 27.2 Å². The van der Waals surface area contributed by atoms with Gasteiger partial charge in [-0.1, -0.05) is 90.3 Å². The van der Waals surface area contributed by atoms with Gasteiger partial charge in [-0.25, -0.2) is 0 Å². The molecule has 37 heavy (non-hydrogen) atoms. The van der Waals surface area contributed by atoms with Gasteiger partial charge in [0.25, 0.3) is 0 Å². The Morgan fingerprint density at radius 3 is 2.30 bits per heavy atom. The molecule has 196 valence electrons. The van der Waals surface area contributed by atoms with Gasteiger partial charge in [-0.3, -0.25) is 9.59 Å². The van der Waals surface area contributed by atoms with E-state index < -0.39 is 6.04 Å². The molecule has 2 amide bonds. The molecule has 0 unspecified atom stereocenters. The van der Waals surface area contributed by atoms with Gasteiger partial charge < -0.3 is 10.2 Å². The number of carbonyl (C=O) groups excluding carboxylic acids is 2. The number of halogens is 3. The predicted octanol–water partition coefficient (Wildman–Crippen LogP) is 7.43. The molecule has 3 aromatic carbocycles. The van der Waals surface area contributed by atoms with Crippen LogP contribution < -0.4 is 5.32 Å². The van der Waals surface area contributed by atoms with Crippen LogP contribution in [0.5, 0.6) is 0 Å². The summed E-state index contributed by atoms with van der Waals surface area (Å²) in [6, 6.07) is 21.8. The molecule has 3 aromatic rings. The number of nitrogens with one attached hydrogen (secondary N) is 1. The first-order valence-electron chi connectivity index (χ1n) is 12.2. The number of rotatable bonds is 12. The minimum absolute atomic E-state index is 0.0148. The monoisotopic (exact) mass is 576 g/mol. The van der Waals surface area contributed by atoms with Gasteiger partial charge >= 0.3 is 0 Å². The average molecular weight is 578 g/mol. The Hall–Kier alpha value is -2.18. The molecule has 0 spiro atoms. The Balaban J connectivity index is 1.89. The number of hydrogen-bond donors (Lipinski definition) is 1. The molecule has 1 N–H and O–H groups in total. The summed E-state index contributed by atoms with van der Waals surface area (Å²) in [5.74, 6) is 0.513. The maximum absolute atomic E-state index is 13.7. The number of nitrogens with zero attached hydrogens (tertiary/aromatic N) is 1. The van der Waals surface area contributed by atoms with E-state index in [1.807, 2.05) is 68.4 Å². The number of hydrogen-bond acceptors (Lipinski definition) is 3. The SMILES string of the molecule is CC[C@@H](C)NC(=O)[C@H](Cc1ccccc1)N(Cc1ccc(Cl)cc1Cl)C(=O)CSCc1cccc(Cl)c1. The fourth-order valence-corrected chi connectivity index (χ4v) is 5.33. The molecule has 8 heteroatoms. The molecule has 0 aromatic heterocycles. The first-order chi connectivity index (χ1) is 17.8. The Labute approximate surface area is 238 Å². The third-order valence-corrected chi connectivity index (χ3v) is 7.82. The standard InChI is InChI=1S/C29H31Cl3N2O2S/c1-3-20(2)33-29(36)27(15-21-8-5-4-6-9-21)34(17-23-12-13-25(31)16-26(23)32)28(35)19-37-18-22-10-7-11-24(30)14-22/h4-14,16,20,27H,3,15,17-19H2,1-2H3,(H,33,36)/t20-,27+/m1/s1. The van der Waals surface area contributed by atoms with Gasteiger partial charge in [-0.05, 0) is 54.3 Å². The number of benzene rings is 3. The van der Waals surface area contributed by atoms with Gasteiger partial charge in [0, 0.05) is 39.8 Å². The lowest BCUT2D eigenvalue weighted by Gasteiger charge is -2.32. The predicted molar refractivity (Wildman–Crippen MR) is 156 cm³/mol. The fraction of sp³-hybridized carbons (Fsp3) is 0.310. The maximum Gasteiger partial charge on any atom is 0.243 e. The van der Waals surface area contributed by atoms with Crippen LogP contribution in [-0.2, 0) is 28.3 Å². The molecule has 0 aliphatic heterocycles. The lowest BCUT2D eigenvalue weighted by atomic mass is 10.0. The highest BCUT2D eigenvalue weighted by molar-refractivity contribution is 7.99. The van der Waals surface area contributed by atoms with Crippen molar-refractivity contribution in [3.63, 3.8) is 0 Å². The third kappa shape index (κ3) is 9.26. The zero-order chi connectivity index (χ0) is 26.8. The maximum atomic E-state index is 13.7. The van der Waals surface area contributed by atoms with Gasteiger partial charge in [0.2, 0.25) is 11.8 Å². The Bertz CT molecular complexity index is 1190. The lowest BCUT2D eigenvalue weighted by Crippen LogP contribution is -2.52. The van der Waals surface area contributed by atoms with Crippen molar-refractivity contribution < 1.29 is 9.59 Å². The molecule has 3 rings (SSSR count). The van der Waals surface area contributed by atoms with E-state index in [1.54, 1.807) is 23.1 Å². The van der Waals surface area contributed by atoms with Gasteiger partial charge in [-0.15, -0.1) is 11.8 Å². The summed E-state index contributed by atoms with van der Waals surface area (Å²) in [5, 5.41) is 4.70.